The monoisotopic (exact) mass is 286 g/mol. The van der Waals surface area contributed by atoms with Crippen molar-refractivity contribution in [3.05, 3.63) is 30.5 Å². The van der Waals surface area contributed by atoms with Gasteiger partial charge in [-0.15, -0.1) is 0 Å². The Morgan fingerprint density at radius 1 is 1.43 bits per heavy atom. The highest BCUT2D eigenvalue weighted by Crippen LogP contribution is 2.30. The van der Waals surface area contributed by atoms with Crippen molar-refractivity contribution < 1.29 is 9.21 Å². The van der Waals surface area contributed by atoms with Crippen molar-refractivity contribution in [1.29, 1.82) is 0 Å². The molecule has 1 aliphatic heterocycles. The molecule has 0 unspecified atom stereocenters. The molecule has 110 valence electrons. The predicted octanol–water partition coefficient (Wildman–Crippen LogP) is 1.64. The molecule has 6 nitrogen and oxygen atoms in total. The van der Waals surface area contributed by atoms with E-state index in [1.165, 1.54) is 0 Å². The smallest absolute Gasteiger partial charge is 0.298 e. The first-order valence-electron chi connectivity index (χ1n) is 6.86. The molecule has 0 atom stereocenters. The van der Waals surface area contributed by atoms with Gasteiger partial charge in [-0.05, 0) is 26.0 Å². The number of carbonyl (C=O) groups excluding carboxylic acids is 1. The minimum Gasteiger partial charge on any atom is -0.423 e. The second-order valence-electron chi connectivity index (χ2n) is 5.60. The molecule has 1 saturated heterocycles. The van der Waals surface area contributed by atoms with Crippen LogP contribution >= 0.6 is 0 Å². The van der Waals surface area contributed by atoms with Crippen molar-refractivity contribution in [1.82, 2.24) is 10.3 Å². The summed E-state index contributed by atoms with van der Waals surface area (Å²) in [6.07, 6.45) is 1.66. The number of hydrogen-bond donors (Lipinski definition) is 2. The summed E-state index contributed by atoms with van der Waals surface area (Å²) in [6.45, 7) is 4.95. The molecule has 6 heteroatoms. The zero-order valence-corrected chi connectivity index (χ0v) is 12.1. The second kappa shape index (κ2) is 4.80. The minimum atomic E-state index is -0.684. The van der Waals surface area contributed by atoms with Gasteiger partial charge in [-0.2, -0.15) is 0 Å². The fraction of sp³-hybridized carbons (Fsp3) is 0.333. The molecule has 0 radical (unpaired) electrons. The van der Waals surface area contributed by atoms with E-state index < -0.39 is 5.54 Å². The number of benzene rings is 1. The number of nitrogens with one attached hydrogen (secondary N) is 1. The maximum Gasteiger partial charge on any atom is 0.298 e. The Morgan fingerprint density at radius 2 is 2.24 bits per heavy atom. The van der Waals surface area contributed by atoms with Crippen LogP contribution in [0.25, 0.3) is 11.3 Å². The van der Waals surface area contributed by atoms with E-state index >= 15 is 0 Å². The average molecular weight is 286 g/mol. The number of nitrogens with two attached hydrogens (primary N) is 1. The summed E-state index contributed by atoms with van der Waals surface area (Å²) < 4.78 is 5.83. The molecule has 1 aliphatic rings. The summed E-state index contributed by atoms with van der Waals surface area (Å²) in [5, 5.41) is 2.85. The number of amides is 1. The molecular weight excluding hydrogens is 268 g/mol. The lowest BCUT2D eigenvalue weighted by atomic mass is 10.00. The Morgan fingerprint density at radius 3 is 3.00 bits per heavy atom. The lowest BCUT2D eigenvalue weighted by molar-refractivity contribution is -0.126. The number of aromatic nitrogens is 1. The molecule has 1 aromatic carbocycles. The summed E-state index contributed by atoms with van der Waals surface area (Å²) in [5.74, 6) is 0.608. The predicted molar refractivity (Wildman–Crippen MR) is 80.8 cm³/mol. The number of piperazine rings is 1. The van der Waals surface area contributed by atoms with Gasteiger partial charge in [-0.1, -0.05) is 12.1 Å². The van der Waals surface area contributed by atoms with Gasteiger partial charge < -0.3 is 20.4 Å². The maximum absolute atomic E-state index is 12.0. The van der Waals surface area contributed by atoms with Crippen LogP contribution in [0, 0.1) is 0 Å². The lowest BCUT2D eigenvalue weighted by Gasteiger charge is -2.40. The second-order valence-corrected chi connectivity index (χ2v) is 5.60. The van der Waals surface area contributed by atoms with Crippen LogP contribution in [0.5, 0.6) is 0 Å². The van der Waals surface area contributed by atoms with E-state index in [1.807, 2.05) is 43.0 Å². The van der Waals surface area contributed by atoms with E-state index in [0.717, 1.165) is 5.56 Å². The van der Waals surface area contributed by atoms with Crippen LogP contribution in [0.1, 0.15) is 13.8 Å². The van der Waals surface area contributed by atoms with Gasteiger partial charge in [0.25, 0.3) is 6.01 Å². The topological polar surface area (TPSA) is 84.4 Å². The fourth-order valence-electron chi connectivity index (χ4n) is 2.45. The first-order valence-corrected chi connectivity index (χ1v) is 6.86. The molecule has 2 aromatic rings. The van der Waals surface area contributed by atoms with Gasteiger partial charge in [-0.25, -0.2) is 4.98 Å². The van der Waals surface area contributed by atoms with Crippen molar-refractivity contribution in [2.45, 2.75) is 19.4 Å². The SMILES string of the molecule is CC1(C)C(=O)NCCN1c1ncc(-c2cccc(N)c2)o1. The van der Waals surface area contributed by atoms with Crippen LogP contribution in [-0.2, 0) is 4.79 Å². The van der Waals surface area contributed by atoms with E-state index in [2.05, 4.69) is 10.3 Å². The summed E-state index contributed by atoms with van der Waals surface area (Å²) in [7, 11) is 0. The Bertz CT molecular complexity index is 678. The number of hydrogen-bond acceptors (Lipinski definition) is 5. The third-order valence-corrected chi connectivity index (χ3v) is 3.75. The van der Waals surface area contributed by atoms with Crippen molar-refractivity contribution in [3.63, 3.8) is 0 Å². The number of nitrogen functional groups attached to an aromatic ring is 1. The number of anilines is 2. The molecule has 2 heterocycles. The Labute approximate surface area is 122 Å². The summed E-state index contributed by atoms with van der Waals surface area (Å²) in [5.41, 5.74) is 6.64. The molecule has 3 N–H and O–H groups in total. The van der Waals surface area contributed by atoms with E-state index in [0.29, 0.717) is 30.6 Å². The lowest BCUT2D eigenvalue weighted by Crippen LogP contribution is -2.62. The molecule has 21 heavy (non-hydrogen) atoms. The summed E-state index contributed by atoms with van der Waals surface area (Å²) in [6, 6.07) is 7.88. The van der Waals surface area contributed by atoms with Gasteiger partial charge in [-0.3, -0.25) is 4.79 Å². The van der Waals surface area contributed by atoms with Crippen molar-refractivity contribution in [2.75, 3.05) is 23.7 Å². The number of nitrogens with zero attached hydrogens (tertiary/aromatic N) is 2. The van der Waals surface area contributed by atoms with Gasteiger partial charge in [0, 0.05) is 24.3 Å². The third-order valence-electron chi connectivity index (χ3n) is 3.75. The molecular formula is C15H18N4O2. The van der Waals surface area contributed by atoms with E-state index in [4.69, 9.17) is 10.2 Å². The third kappa shape index (κ3) is 2.33. The quantitative estimate of drug-likeness (QED) is 0.820. The molecule has 3 rings (SSSR count). The van der Waals surface area contributed by atoms with Crippen LogP contribution in [0.4, 0.5) is 11.7 Å². The number of rotatable bonds is 2. The normalized spacial score (nSPS) is 17.6. The zero-order chi connectivity index (χ0) is 15.0. The van der Waals surface area contributed by atoms with E-state index in [1.54, 1.807) is 6.20 Å². The van der Waals surface area contributed by atoms with Crippen molar-refractivity contribution in [3.8, 4) is 11.3 Å². The standard InChI is InChI=1S/C15H18N4O2/c1-15(2)13(20)17-6-7-19(15)14-18-9-12(21-14)10-4-3-5-11(16)8-10/h3-5,8-9H,6-7,16H2,1-2H3,(H,17,20). The maximum atomic E-state index is 12.0. The number of carbonyl (C=O) groups is 1. The van der Waals surface area contributed by atoms with Gasteiger partial charge in [0.1, 0.15) is 5.54 Å². The van der Waals surface area contributed by atoms with Crippen molar-refractivity contribution >= 4 is 17.6 Å². The van der Waals surface area contributed by atoms with E-state index in [-0.39, 0.29) is 5.91 Å². The minimum absolute atomic E-state index is 0.0301. The molecule has 1 fully saturated rings. The first kappa shape index (κ1) is 13.5. The van der Waals surface area contributed by atoms with Gasteiger partial charge in [0.15, 0.2) is 5.76 Å². The van der Waals surface area contributed by atoms with Crippen molar-refractivity contribution in [2.24, 2.45) is 0 Å². The fourth-order valence-corrected chi connectivity index (χ4v) is 2.45. The van der Waals surface area contributed by atoms with Gasteiger partial charge in [0.2, 0.25) is 5.91 Å². The molecule has 0 saturated carbocycles. The first-order chi connectivity index (χ1) is 9.98. The zero-order valence-electron chi connectivity index (χ0n) is 12.1. The molecule has 1 aromatic heterocycles. The largest absolute Gasteiger partial charge is 0.423 e. The van der Waals surface area contributed by atoms with Gasteiger partial charge >= 0.3 is 0 Å². The summed E-state index contributed by atoms with van der Waals surface area (Å²) >= 11 is 0. The molecule has 0 aliphatic carbocycles. The highest BCUT2D eigenvalue weighted by molar-refractivity contribution is 5.89. The Balaban J connectivity index is 1.93. The summed E-state index contributed by atoms with van der Waals surface area (Å²) in [4.78, 5) is 18.2. The molecule has 0 bridgehead atoms. The van der Waals surface area contributed by atoms with Crippen LogP contribution in [0.15, 0.2) is 34.9 Å². The van der Waals surface area contributed by atoms with Crippen LogP contribution in [0.3, 0.4) is 0 Å². The average Bonchev–Trinajstić information content (AvgIpc) is 2.91. The van der Waals surface area contributed by atoms with Crippen LogP contribution < -0.4 is 16.0 Å². The molecule has 1 amide bonds. The Kier molecular flexibility index (Phi) is 3.08. The van der Waals surface area contributed by atoms with Crippen LogP contribution in [-0.4, -0.2) is 29.5 Å². The highest BCUT2D eigenvalue weighted by Gasteiger charge is 2.40. The van der Waals surface area contributed by atoms with Crippen LogP contribution in [0.2, 0.25) is 0 Å². The van der Waals surface area contributed by atoms with E-state index in [9.17, 15) is 4.79 Å². The van der Waals surface area contributed by atoms with Gasteiger partial charge in [0.05, 0.1) is 6.20 Å². The number of oxazole rings is 1. The molecule has 0 spiro atoms. The Hall–Kier alpha value is -2.50. The highest BCUT2D eigenvalue weighted by atomic mass is 16.4.